The highest BCUT2D eigenvalue weighted by Crippen LogP contribution is 2.16. The molecule has 1 heterocycles. The maximum Gasteiger partial charge on any atom is 0.273 e. The van der Waals surface area contributed by atoms with E-state index in [1.807, 2.05) is 0 Å². The van der Waals surface area contributed by atoms with Gasteiger partial charge in [-0.3, -0.25) is 9.36 Å². The Kier molecular flexibility index (Phi) is 6.00. The van der Waals surface area contributed by atoms with Crippen molar-refractivity contribution in [3.63, 3.8) is 0 Å². The molecular formula is C12H18Cl2N2O. The largest absolute Gasteiger partial charge is 0.298 e. The van der Waals surface area contributed by atoms with E-state index in [0.717, 1.165) is 12.8 Å². The molecule has 1 atom stereocenters. The van der Waals surface area contributed by atoms with Gasteiger partial charge in [0.2, 0.25) is 0 Å². The van der Waals surface area contributed by atoms with Crippen molar-refractivity contribution in [3.8, 4) is 0 Å². The average molecular weight is 277 g/mol. The normalized spacial score (nSPS) is 12.7. The molecule has 1 unspecified atom stereocenters. The first-order valence-electron chi connectivity index (χ1n) is 6.00. The molecule has 96 valence electrons. The van der Waals surface area contributed by atoms with E-state index in [1.54, 1.807) is 4.57 Å². The van der Waals surface area contributed by atoms with Crippen LogP contribution < -0.4 is 5.56 Å². The van der Waals surface area contributed by atoms with Gasteiger partial charge in [-0.1, -0.05) is 56.3 Å². The summed E-state index contributed by atoms with van der Waals surface area (Å²) in [6, 6.07) is 0. The summed E-state index contributed by atoms with van der Waals surface area (Å²) in [5.41, 5.74) is -0.249. The van der Waals surface area contributed by atoms with Crippen molar-refractivity contribution < 1.29 is 0 Å². The molecule has 0 fully saturated rings. The number of hydrogen-bond donors (Lipinski definition) is 0. The summed E-state index contributed by atoms with van der Waals surface area (Å²) in [4.78, 5) is 15.7. The van der Waals surface area contributed by atoms with Crippen molar-refractivity contribution in [1.82, 2.24) is 9.55 Å². The van der Waals surface area contributed by atoms with Crippen LogP contribution in [0.15, 0.2) is 11.1 Å². The minimum Gasteiger partial charge on any atom is -0.298 e. The number of nitrogens with zero attached hydrogens (tertiary/aromatic N) is 2. The summed E-state index contributed by atoms with van der Waals surface area (Å²) in [5.74, 6) is 0.492. The number of rotatable bonds is 6. The molecule has 0 radical (unpaired) electrons. The van der Waals surface area contributed by atoms with Gasteiger partial charge in [-0.25, -0.2) is 4.98 Å². The summed E-state index contributed by atoms with van der Waals surface area (Å²) in [7, 11) is 0. The van der Waals surface area contributed by atoms with Crippen LogP contribution >= 0.6 is 23.2 Å². The third-order valence-electron chi connectivity index (χ3n) is 2.94. The predicted molar refractivity (Wildman–Crippen MR) is 71.8 cm³/mol. The number of aromatic nitrogens is 2. The Morgan fingerprint density at radius 3 is 2.71 bits per heavy atom. The molecule has 0 aliphatic rings. The number of hydrogen-bond acceptors (Lipinski definition) is 2. The van der Waals surface area contributed by atoms with Gasteiger partial charge < -0.3 is 0 Å². The SMILES string of the molecule is CCCCC(CC)Cn1cnc(Cl)c(Cl)c1=O. The fraction of sp³-hybridized carbons (Fsp3) is 0.667. The first kappa shape index (κ1) is 14.5. The molecule has 1 aromatic rings. The zero-order chi connectivity index (χ0) is 12.8. The van der Waals surface area contributed by atoms with Crippen molar-refractivity contribution in [2.24, 2.45) is 5.92 Å². The summed E-state index contributed by atoms with van der Waals surface area (Å²) < 4.78 is 1.55. The van der Waals surface area contributed by atoms with E-state index in [-0.39, 0.29) is 15.7 Å². The molecule has 1 rings (SSSR count). The second-order valence-electron chi connectivity index (χ2n) is 4.22. The van der Waals surface area contributed by atoms with Crippen LogP contribution in [-0.4, -0.2) is 9.55 Å². The van der Waals surface area contributed by atoms with E-state index in [4.69, 9.17) is 23.2 Å². The molecule has 0 saturated heterocycles. The van der Waals surface area contributed by atoms with E-state index < -0.39 is 0 Å². The van der Waals surface area contributed by atoms with Crippen molar-refractivity contribution in [1.29, 1.82) is 0 Å². The Morgan fingerprint density at radius 1 is 1.41 bits per heavy atom. The topological polar surface area (TPSA) is 34.9 Å². The molecule has 0 N–H and O–H groups in total. The minimum atomic E-state index is -0.249. The monoisotopic (exact) mass is 276 g/mol. The molecule has 0 aliphatic heterocycles. The van der Waals surface area contributed by atoms with E-state index in [1.165, 1.54) is 19.2 Å². The Bertz CT molecular complexity index is 417. The zero-order valence-electron chi connectivity index (χ0n) is 10.2. The lowest BCUT2D eigenvalue weighted by atomic mass is 9.99. The zero-order valence-corrected chi connectivity index (χ0v) is 11.8. The molecular weight excluding hydrogens is 259 g/mol. The standard InChI is InChI=1S/C12H18Cl2N2O/c1-3-5-6-9(4-2)7-16-8-15-11(14)10(13)12(16)17/h8-9H,3-7H2,1-2H3. The first-order chi connectivity index (χ1) is 8.10. The van der Waals surface area contributed by atoms with Crippen molar-refractivity contribution >= 4 is 23.2 Å². The third-order valence-corrected chi connectivity index (χ3v) is 3.66. The van der Waals surface area contributed by atoms with Crippen molar-refractivity contribution in [3.05, 3.63) is 26.9 Å². The number of unbranched alkanes of at least 4 members (excludes halogenated alkanes) is 1. The van der Waals surface area contributed by atoms with Gasteiger partial charge in [0.1, 0.15) is 5.02 Å². The van der Waals surface area contributed by atoms with Gasteiger partial charge in [-0.05, 0) is 12.3 Å². The lowest BCUT2D eigenvalue weighted by molar-refractivity contribution is 0.383. The summed E-state index contributed by atoms with van der Waals surface area (Å²) >= 11 is 11.5. The van der Waals surface area contributed by atoms with Gasteiger partial charge in [0, 0.05) is 6.54 Å². The van der Waals surface area contributed by atoms with Crippen molar-refractivity contribution in [2.75, 3.05) is 0 Å². The average Bonchev–Trinajstić information content (AvgIpc) is 2.34. The van der Waals surface area contributed by atoms with E-state index in [2.05, 4.69) is 18.8 Å². The molecule has 0 bridgehead atoms. The summed E-state index contributed by atoms with van der Waals surface area (Å²) in [5, 5.41) is 0.0917. The number of halogens is 2. The van der Waals surface area contributed by atoms with Gasteiger partial charge in [0.25, 0.3) is 5.56 Å². The highest BCUT2D eigenvalue weighted by molar-refractivity contribution is 6.40. The fourth-order valence-corrected chi connectivity index (χ4v) is 2.05. The molecule has 0 saturated carbocycles. The molecule has 5 heteroatoms. The Hall–Kier alpha value is -0.540. The maximum absolute atomic E-state index is 11.8. The van der Waals surface area contributed by atoms with Gasteiger partial charge in [0.05, 0.1) is 6.33 Å². The van der Waals surface area contributed by atoms with Crippen LogP contribution in [0.2, 0.25) is 10.2 Å². The van der Waals surface area contributed by atoms with E-state index in [9.17, 15) is 4.79 Å². The summed E-state index contributed by atoms with van der Waals surface area (Å²) in [6.45, 7) is 4.97. The van der Waals surface area contributed by atoms with Crippen LogP contribution in [0.25, 0.3) is 0 Å². The van der Waals surface area contributed by atoms with Crippen LogP contribution in [0.3, 0.4) is 0 Å². The molecule has 17 heavy (non-hydrogen) atoms. The smallest absolute Gasteiger partial charge is 0.273 e. The Balaban J connectivity index is 2.80. The van der Waals surface area contributed by atoms with Crippen LogP contribution in [0.4, 0.5) is 0 Å². The third kappa shape index (κ3) is 4.00. The van der Waals surface area contributed by atoms with Crippen molar-refractivity contribution in [2.45, 2.75) is 46.1 Å². The highest BCUT2D eigenvalue weighted by atomic mass is 35.5. The second-order valence-corrected chi connectivity index (χ2v) is 4.96. The maximum atomic E-state index is 11.8. The second kappa shape index (κ2) is 7.02. The van der Waals surface area contributed by atoms with Crippen LogP contribution in [0.1, 0.15) is 39.5 Å². The fourth-order valence-electron chi connectivity index (χ4n) is 1.77. The van der Waals surface area contributed by atoms with Gasteiger partial charge >= 0.3 is 0 Å². The Morgan fingerprint density at radius 2 is 2.12 bits per heavy atom. The molecule has 1 aromatic heterocycles. The lowest BCUT2D eigenvalue weighted by Crippen LogP contribution is -2.24. The molecule has 0 aliphatic carbocycles. The van der Waals surface area contributed by atoms with E-state index in [0.29, 0.717) is 12.5 Å². The van der Waals surface area contributed by atoms with E-state index >= 15 is 0 Å². The quantitative estimate of drug-likeness (QED) is 0.742. The predicted octanol–water partition coefficient (Wildman–Crippen LogP) is 3.77. The molecule has 3 nitrogen and oxygen atoms in total. The minimum absolute atomic E-state index is 0.0134. The lowest BCUT2D eigenvalue weighted by Gasteiger charge is -2.15. The Labute approximate surface area is 112 Å². The van der Waals surface area contributed by atoms with Gasteiger partial charge in [-0.15, -0.1) is 0 Å². The van der Waals surface area contributed by atoms with Crippen LogP contribution in [-0.2, 0) is 6.54 Å². The van der Waals surface area contributed by atoms with Gasteiger partial charge in [-0.2, -0.15) is 0 Å². The first-order valence-corrected chi connectivity index (χ1v) is 6.76. The molecule has 0 spiro atoms. The highest BCUT2D eigenvalue weighted by Gasteiger charge is 2.11. The summed E-state index contributed by atoms with van der Waals surface area (Å²) in [6.07, 6.45) is 6.00. The van der Waals surface area contributed by atoms with Crippen LogP contribution in [0, 0.1) is 5.92 Å². The molecule has 0 aromatic carbocycles. The van der Waals surface area contributed by atoms with Crippen LogP contribution in [0.5, 0.6) is 0 Å². The van der Waals surface area contributed by atoms with Gasteiger partial charge in [0.15, 0.2) is 5.15 Å². The molecule has 0 amide bonds.